The Morgan fingerprint density at radius 2 is 1.77 bits per heavy atom. The zero-order chi connectivity index (χ0) is 24.7. The molecule has 1 saturated carbocycles. The predicted molar refractivity (Wildman–Crippen MR) is 134 cm³/mol. The first kappa shape index (κ1) is 23.6. The Labute approximate surface area is 205 Å². The fraction of sp³-hybridized carbons (Fsp3) is 0.483. The smallest absolute Gasteiger partial charge is 0.337 e. The van der Waals surface area contributed by atoms with Crippen molar-refractivity contribution < 1.29 is 18.7 Å². The number of carbonyl (C=O) groups excluding carboxylic acids is 2. The lowest BCUT2D eigenvalue weighted by Crippen LogP contribution is -2.40. The van der Waals surface area contributed by atoms with Gasteiger partial charge < -0.3 is 14.5 Å². The van der Waals surface area contributed by atoms with Gasteiger partial charge in [0, 0.05) is 29.0 Å². The number of hydrogen-bond acceptors (Lipinski definition) is 6. The molecule has 0 spiro atoms. The van der Waals surface area contributed by atoms with Crippen molar-refractivity contribution in [3.8, 4) is 0 Å². The van der Waals surface area contributed by atoms with Crippen molar-refractivity contribution in [2.45, 2.75) is 84.2 Å². The van der Waals surface area contributed by atoms with Crippen molar-refractivity contribution in [3.05, 3.63) is 68.9 Å². The minimum Gasteiger partial charge on any atom is -0.464 e. The standard InChI is InChI=1S/C29H33NO5/c1-17-24(28(33)35-18-10-6-4-5-7-11-18)25(26-21(30-17)14-29(2,3)15-22(26)31)20-16-34-23-13-9-8-12-19(23)27(20)32/h8-9,12-13,16,18,25,30H,4-7,10-11,14-15H2,1-3H3. The molecule has 1 N–H and O–H groups in total. The molecule has 2 aromatic rings. The molecule has 3 aliphatic rings. The van der Waals surface area contributed by atoms with Crippen LogP contribution in [0.5, 0.6) is 0 Å². The van der Waals surface area contributed by atoms with Crippen LogP contribution in [0.1, 0.15) is 83.6 Å². The second-order valence-corrected chi connectivity index (χ2v) is 11.0. The van der Waals surface area contributed by atoms with Crippen molar-refractivity contribution >= 4 is 22.7 Å². The average Bonchev–Trinajstić information content (AvgIpc) is 3.06. The van der Waals surface area contributed by atoms with E-state index >= 15 is 0 Å². The van der Waals surface area contributed by atoms with Gasteiger partial charge in [0.05, 0.1) is 23.1 Å². The Morgan fingerprint density at radius 3 is 2.51 bits per heavy atom. The van der Waals surface area contributed by atoms with Gasteiger partial charge in [0.2, 0.25) is 0 Å². The van der Waals surface area contributed by atoms with Crippen LogP contribution in [0.25, 0.3) is 11.0 Å². The zero-order valence-electron chi connectivity index (χ0n) is 20.7. The summed E-state index contributed by atoms with van der Waals surface area (Å²) in [7, 11) is 0. The average molecular weight is 476 g/mol. The maximum Gasteiger partial charge on any atom is 0.337 e. The molecule has 0 saturated heterocycles. The summed E-state index contributed by atoms with van der Waals surface area (Å²) in [6.45, 7) is 5.95. The molecule has 1 aromatic carbocycles. The predicted octanol–water partition coefficient (Wildman–Crippen LogP) is 5.66. The number of benzene rings is 1. The van der Waals surface area contributed by atoms with E-state index in [4.69, 9.17) is 9.15 Å². The minimum atomic E-state index is -0.811. The highest BCUT2D eigenvalue weighted by Gasteiger charge is 2.44. The number of ether oxygens (including phenoxy) is 1. The SMILES string of the molecule is CC1=C(C(=O)OC2CCCCCC2)C(c2coc3ccccc3c2=O)C2=C(CC(C)(C)CC2=O)N1. The van der Waals surface area contributed by atoms with Crippen LogP contribution < -0.4 is 10.7 Å². The number of Topliss-reactive ketones (excluding diaryl/α,β-unsaturated/α-hetero) is 1. The van der Waals surface area contributed by atoms with Gasteiger partial charge in [-0.2, -0.15) is 0 Å². The highest BCUT2D eigenvalue weighted by atomic mass is 16.5. The summed E-state index contributed by atoms with van der Waals surface area (Å²) in [6.07, 6.45) is 8.35. The number of hydrogen-bond donors (Lipinski definition) is 1. The summed E-state index contributed by atoms with van der Waals surface area (Å²) in [6, 6.07) is 7.05. The number of fused-ring (bicyclic) bond motifs is 1. The monoisotopic (exact) mass is 475 g/mol. The van der Waals surface area contributed by atoms with E-state index in [1.807, 2.05) is 13.0 Å². The molecule has 1 atom stereocenters. The Bertz CT molecular complexity index is 1300. The Kier molecular flexibility index (Phi) is 6.16. The molecule has 0 amide bonds. The summed E-state index contributed by atoms with van der Waals surface area (Å²) in [4.78, 5) is 40.8. The van der Waals surface area contributed by atoms with E-state index in [0.717, 1.165) is 44.2 Å². The lowest BCUT2D eigenvalue weighted by atomic mass is 9.68. The van der Waals surface area contributed by atoms with Crippen molar-refractivity contribution in [1.82, 2.24) is 5.32 Å². The van der Waals surface area contributed by atoms with Gasteiger partial charge >= 0.3 is 5.97 Å². The van der Waals surface area contributed by atoms with Crippen LogP contribution in [0.4, 0.5) is 0 Å². The van der Waals surface area contributed by atoms with Gasteiger partial charge in [0.1, 0.15) is 11.7 Å². The lowest BCUT2D eigenvalue weighted by Gasteiger charge is -2.39. The van der Waals surface area contributed by atoms with Crippen LogP contribution in [0.2, 0.25) is 0 Å². The Hall–Kier alpha value is -3.15. The zero-order valence-corrected chi connectivity index (χ0v) is 20.7. The van der Waals surface area contributed by atoms with Crippen LogP contribution in [-0.4, -0.2) is 17.9 Å². The van der Waals surface area contributed by atoms with Crippen LogP contribution >= 0.6 is 0 Å². The number of esters is 1. The topological polar surface area (TPSA) is 85.6 Å². The molecule has 1 aliphatic heterocycles. The van der Waals surface area contributed by atoms with Crippen molar-refractivity contribution in [2.75, 3.05) is 0 Å². The van der Waals surface area contributed by atoms with E-state index in [2.05, 4.69) is 19.2 Å². The van der Waals surface area contributed by atoms with Crippen LogP contribution in [0.15, 0.2) is 62.3 Å². The van der Waals surface area contributed by atoms with E-state index in [1.165, 1.54) is 6.26 Å². The number of carbonyl (C=O) groups is 2. The Balaban J connectivity index is 1.63. The molecule has 1 fully saturated rings. The molecule has 1 aromatic heterocycles. The van der Waals surface area contributed by atoms with Crippen molar-refractivity contribution in [2.24, 2.45) is 5.41 Å². The maximum absolute atomic E-state index is 13.7. The van der Waals surface area contributed by atoms with Crippen LogP contribution in [-0.2, 0) is 14.3 Å². The Morgan fingerprint density at radius 1 is 1.06 bits per heavy atom. The van der Waals surface area contributed by atoms with Crippen molar-refractivity contribution in [3.63, 3.8) is 0 Å². The molecule has 6 nitrogen and oxygen atoms in total. The second-order valence-electron chi connectivity index (χ2n) is 11.0. The first-order valence-electron chi connectivity index (χ1n) is 12.7. The van der Waals surface area contributed by atoms with E-state index in [9.17, 15) is 14.4 Å². The fourth-order valence-corrected chi connectivity index (χ4v) is 5.88. The second kappa shape index (κ2) is 9.14. The molecule has 2 heterocycles. The highest BCUT2D eigenvalue weighted by Crippen LogP contribution is 2.46. The van der Waals surface area contributed by atoms with Gasteiger partial charge in [-0.25, -0.2) is 4.79 Å². The summed E-state index contributed by atoms with van der Waals surface area (Å²) >= 11 is 0. The third-order valence-corrected chi connectivity index (χ3v) is 7.55. The molecular formula is C29H33NO5. The largest absolute Gasteiger partial charge is 0.464 e. The van der Waals surface area contributed by atoms with Gasteiger partial charge in [0.25, 0.3) is 0 Å². The molecular weight excluding hydrogens is 442 g/mol. The number of allylic oxidation sites excluding steroid dienone is 3. The lowest BCUT2D eigenvalue weighted by molar-refractivity contribution is -0.145. The molecule has 184 valence electrons. The van der Waals surface area contributed by atoms with E-state index in [0.29, 0.717) is 46.2 Å². The molecule has 6 heteroatoms. The summed E-state index contributed by atoms with van der Waals surface area (Å²) in [5, 5.41) is 3.78. The number of rotatable bonds is 3. The number of nitrogens with one attached hydrogen (secondary N) is 1. The first-order chi connectivity index (χ1) is 16.7. The van der Waals surface area contributed by atoms with E-state index in [-0.39, 0.29) is 22.7 Å². The van der Waals surface area contributed by atoms with Crippen LogP contribution in [0, 0.1) is 5.41 Å². The molecule has 2 aliphatic carbocycles. The summed E-state index contributed by atoms with van der Waals surface area (Å²) in [5.41, 5.74) is 2.59. The third kappa shape index (κ3) is 4.46. The van der Waals surface area contributed by atoms with Gasteiger partial charge in [-0.3, -0.25) is 9.59 Å². The van der Waals surface area contributed by atoms with Crippen LogP contribution in [0.3, 0.4) is 0 Å². The first-order valence-corrected chi connectivity index (χ1v) is 12.7. The molecule has 1 unspecified atom stereocenters. The number of ketones is 1. The summed E-state index contributed by atoms with van der Waals surface area (Å²) in [5.74, 6) is -1.31. The quantitative estimate of drug-likeness (QED) is 0.455. The molecule has 0 radical (unpaired) electrons. The van der Waals surface area contributed by atoms with E-state index in [1.54, 1.807) is 18.2 Å². The molecule has 0 bridgehead atoms. The van der Waals surface area contributed by atoms with Gasteiger partial charge in [-0.05, 0) is 56.6 Å². The molecule has 5 rings (SSSR count). The highest BCUT2D eigenvalue weighted by molar-refractivity contribution is 6.04. The van der Waals surface area contributed by atoms with Gasteiger partial charge in [-0.1, -0.05) is 38.8 Å². The third-order valence-electron chi connectivity index (χ3n) is 7.55. The number of para-hydroxylation sites is 1. The van der Waals surface area contributed by atoms with E-state index < -0.39 is 11.9 Å². The minimum absolute atomic E-state index is 0.0476. The fourth-order valence-electron chi connectivity index (χ4n) is 5.88. The molecule has 35 heavy (non-hydrogen) atoms. The normalized spacial score (nSPS) is 23.1. The van der Waals surface area contributed by atoms with Gasteiger partial charge in [-0.15, -0.1) is 0 Å². The van der Waals surface area contributed by atoms with Crippen molar-refractivity contribution in [1.29, 1.82) is 0 Å². The summed E-state index contributed by atoms with van der Waals surface area (Å²) < 4.78 is 11.8. The number of dihydropyridines is 1. The maximum atomic E-state index is 13.7. The van der Waals surface area contributed by atoms with Gasteiger partial charge in [0.15, 0.2) is 11.2 Å².